The fourth-order valence-corrected chi connectivity index (χ4v) is 3.09. The first-order valence-corrected chi connectivity index (χ1v) is 12.4. The van der Waals surface area contributed by atoms with Crippen LogP contribution < -0.4 is 0 Å². The molecule has 0 bridgehead atoms. The molecule has 0 heterocycles. The molecule has 0 aliphatic rings. The van der Waals surface area contributed by atoms with Gasteiger partial charge in [0.25, 0.3) is 0 Å². The third-order valence-electron chi connectivity index (χ3n) is 4.69. The van der Waals surface area contributed by atoms with E-state index in [9.17, 15) is 0 Å². The van der Waals surface area contributed by atoms with Crippen LogP contribution in [0, 0.1) is 14.9 Å². The summed E-state index contributed by atoms with van der Waals surface area (Å²) in [6.45, 7) is 8.00. The predicted molar refractivity (Wildman–Crippen MR) is 181 cm³/mol. The van der Waals surface area contributed by atoms with Crippen LogP contribution in [0.5, 0.6) is 0 Å². The van der Waals surface area contributed by atoms with E-state index < -0.39 is 0 Å². The first-order chi connectivity index (χ1) is 17.9. The zero-order valence-electron chi connectivity index (χ0n) is 25.8. The van der Waals surface area contributed by atoms with E-state index in [0.717, 1.165) is 14.2 Å². The smallest absolute Gasteiger partial charge is 0.0319 e. The molecule has 0 unspecified atom stereocenters. The van der Waals surface area contributed by atoms with E-state index in [4.69, 9.17) is 10.2 Å². The van der Waals surface area contributed by atoms with Gasteiger partial charge in [0.1, 0.15) is 0 Å². The number of hydrogen-bond acceptors (Lipinski definition) is 2. The molecule has 2 nitrogen and oxygen atoms in total. The Morgan fingerprint density at radius 3 is 0.780 bits per heavy atom. The maximum atomic E-state index is 7.00. The van der Waals surface area contributed by atoms with Gasteiger partial charge >= 0.3 is 0 Å². The molecular formula is C37H52O2Y2-2. The van der Waals surface area contributed by atoms with Crippen LogP contribution in [0.2, 0.25) is 0 Å². The van der Waals surface area contributed by atoms with Crippen LogP contribution in [0.4, 0.5) is 0 Å². The third kappa shape index (κ3) is 21.8. The molecule has 0 atom stereocenters. The van der Waals surface area contributed by atoms with Gasteiger partial charge in [-0.15, -0.1) is 0 Å². The van der Waals surface area contributed by atoms with Crippen LogP contribution >= 0.6 is 0 Å². The van der Waals surface area contributed by atoms with E-state index in [2.05, 4.69) is 121 Å². The van der Waals surface area contributed by atoms with Crippen LogP contribution in [0.25, 0.3) is 35.4 Å². The van der Waals surface area contributed by atoms with Crippen molar-refractivity contribution in [3.05, 3.63) is 146 Å². The van der Waals surface area contributed by atoms with E-state index in [1.54, 1.807) is 0 Å². The van der Waals surface area contributed by atoms with Gasteiger partial charge in [0.2, 0.25) is 0 Å². The largest absolute Gasteiger partial charge is 0.400 e. The van der Waals surface area contributed by atoms with Gasteiger partial charge in [-0.3, -0.25) is 0 Å². The predicted octanol–water partition coefficient (Wildman–Crippen LogP) is 10.5. The maximum Gasteiger partial charge on any atom is 0.0319 e. The van der Waals surface area contributed by atoms with Gasteiger partial charge < -0.3 is 25.1 Å². The van der Waals surface area contributed by atoms with Crippen molar-refractivity contribution < 1.29 is 75.6 Å². The quantitative estimate of drug-likeness (QED) is 0.160. The molecule has 2 N–H and O–H groups in total. The van der Waals surface area contributed by atoms with Crippen molar-refractivity contribution in [2.24, 2.45) is 0 Å². The first kappa shape index (κ1) is 52.2. The fourth-order valence-electron chi connectivity index (χ4n) is 3.09. The van der Waals surface area contributed by atoms with Crippen molar-refractivity contribution >= 4 is 24.3 Å². The molecular weight excluding hydrogens is 654 g/mol. The molecule has 4 aromatic rings. The summed E-state index contributed by atoms with van der Waals surface area (Å²) in [5.74, 6) is 0. The minimum Gasteiger partial charge on any atom is -0.400 e. The molecule has 0 saturated heterocycles. The van der Waals surface area contributed by atoms with E-state index in [0.29, 0.717) is 0 Å². The Morgan fingerprint density at radius 1 is 0.366 bits per heavy atom. The molecule has 4 rings (SSSR count). The standard InChI is InChI=1S/C28H22.2C2H6.2CH4O.CH4.2CH3.2Y/c1-3-7-23(8-4-1)11-13-25-15-19-27(20-16-25)28-21-17-26(18-22-28)14-12-24-9-5-2-6-10-24;4*1-2;;;;;/h1-22H;2*1-2H3;2*2H,1H3;1H4;2*1H3;;/q;;;;;;2*-1;;. The minimum absolute atomic E-state index is 0. The van der Waals surface area contributed by atoms with Crippen molar-refractivity contribution in [1.29, 1.82) is 0 Å². The van der Waals surface area contributed by atoms with Crippen LogP contribution in [-0.4, -0.2) is 24.4 Å². The zero-order valence-corrected chi connectivity index (χ0v) is 31.4. The Bertz CT molecular complexity index is 984. The van der Waals surface area contributed by atoms with Crippen molar-refractivity contribution in [3.8, 4) is 11.1 Å². The second kappa shape index (κ2) is 36.5. The van der Waals surface area contributed by atoms with Crippen molar-refractivity contribution in [2.75, 3.05) is 14.2 Å². The average Bonchev–Trinajstić information content (AvgIpc) is 3.01. The van der Waals surface area contributed by atoms with Gasteiger partial charge in [0.05, 0.1) is 0 Å². The maximum absolute atomic E-state index is 7.00. The molecule has 0 fully saturated rings. The van der Waals surface area contributed by atoms with Crippen molar-refractivity contribution in [3.63, 3.8) is 0 Å². The molecule has 220 valence electrons. The minimum atomic E-state index is 0. The topological polar surface area (TPSA) is 40.5 Å². The fraction of sp³-hybridized carbons (Fsp3) is 0.189. The average molecular weight is 707 g/mol. The number of aliphatic hydroxyl groups is 2. The summed E-state index contributed by atoms with van der Waals surface area (Å²) in [5.41, 5.74) is 7.30. The number of aliphatic hydroxyl groups excluding tert-OH is 2. The Morgan fingerprint density at radius 2 is 0.561 bits per heavy atom. The summed E-state index contributed by atoms with van der Waals surface area (Å²) in [7, 11) is 2.00. The van der Waals surface area contributed by atoms with E-state index >= 15 is 0 Å². The van der Waals surface area contributed by atoms with Gasteiger partial charge in [-0.1, -0.05) is 169 Å². The molecule has 2 radical (unpaired) electrons. The van der Waals surface area contributed by atoms with E-state index in [1.165, 1.54) is 33.4 Å². The Kier molecular flexibility index (Phi) is 46.5. The van der Waals surface area contributed by atoms with Crippen LogP contribution in [0.3, 0.4) is 0 Å². The molecule has 0 aliphatic carbocycles. The van der Waals surface area contributed by atoms with Gasteiger partial charge in [-0.05, 0) is 33.4 Å². The molecule has 0 amide bonds. The molecule has 0 aliphatic heterocycles. The molecule has 0 spiro atoms. The zero-order chi connectivity index (χ0) is 27.0. The second-order valence-electron chi connectivity index (χ2n) is 6.73. The number of hydrogen-bond donors (Lipinski definition) is 2. The second-order valence-corrected chi connectivity index (χ2v) is 6.73. The summed E-state index contributed by atoms with van der Waals surface area (Å²) in [6.07, 6.45) is 8.58. The summed E-state index contributed by atoms with van der Waals surface area (Å²) in [5, 5.41) is 14.0. The Labute approximate surface area is 303 Å². The molecule has 4 aromatic carbocycles. The Hall–Kier alpha value is -1.51. The summed E-state index contributed by atoms with van der Waals surface area (Å²) in [4.78, 5) is 0. The molecule has 0 saturated carbocycles. The van der Waals surface area contributed by atoms with Crippen molar-refractivity contribution in [2.45, 2.75) is 35.1 Å². The first-order valence-electron chi connectivity index (χ1n) is 12.4. The molecule has 0 aromatic heterocycles. The normalized spacial score (nSPS) is 8.29. The van der Waals surface area contributed by atoms with Crippen LogP contribution in [0.1, 0.15) is 57.4 Å². The Balaban J connectivity index is -0.000000218. The van der Waals surface area contributed by atoms with Gasteiger partial charge in [-0.2, -0.15) is 0 Å². The van der Waals surface area contributed by atoms with Crippen molar-refractivity contribution in [1.82, 2.24) is 0 Å². The van der Waals surface area contributed by atoms with E-state index in [-0.39, 0.29) is 87.7 Å². The van der Waals surface area contributed by atoms with Gasteiger partial charge in [0.15, 0.2) is 0 Å². The molecule has 4 heteroatoms. The third-order valence-corrected chi connectivity index (χ3v) is 4.69. The van der Waals surface area contributed by atoms with Gasteiger partial charge in [0, 0.05) is 79.6 Å². The van der Waals surface area contributed by atoms with E-state index in [1.807, 2.05) is 39.8 Å². The number of benzene rings is 4. The molecule has 41 heavy (non-hydrogen) atoms. The van der Waals surface area contributed by atoms with Gasteiger partial charge in [-0.25, -0.2) is 0 Å². The SMILES string of the molecule is C.C(=Cc1ccc(-c2ccc(C=Cc3ccccc3)cc2)cc1)c1ccccc1.CC.CC.CO.CO.[CH3-].[CH3-].[Y].[Y]. The summed E-state index contributed by atoms with van der Waals surface area (Å²) >= 11 is 0. The summed E-state index contributed by atoms with van der Waals surface area (Å²) in [6, 6.07) is 38.1. The summed E-state index contributed by atoms with van der Waals surface area (Å²) < 4.78 is 0. The monoisotopic (exact) mass is 706 g/mol. The van der Waals surface area contributed by atoms with Crippen LogP contribution in [0.15, 0.2) is 109 Å². The number of rotatable bonds is 5. The van der Waals surface area contributed by atoms with Crippen LogP contribution in [-0.2, 0) is 65.4 Å².